The van der Waals surface area contributed by atoms with Crippen molar-refractivity contribution in [1.82, 2.24) is 5.32 Å². The summed E-state index contributed by atoms with van der Waals surface area (Å²) in [5, 5.41) is 3.51. The van der Waals surface area contributed by atoms with E-state index < -0.39 is 24.6 Å². The minimum absolute atomic E-state index is 0.191. The molecule has 5 nitrogen and oxygen atoms in total. The van der Waals surface area contributed by atoms with E-state index in [1.165, 1.54) is 13.0 Å². The summed E-state index contributed by atoms with van der Waals surface area (Å²) in [5.74, 6) is -0.757. The summed E-state index contributed by atoms with van der Waals surface area (Å²) in [6.07, 6.45) is -0.923. The number of ether oxygens (including phenoxy) is 2. The van der Waals surface area contributed by atoms with Gasteiger partial charge < -0.3 is 14.8 Å². The highest BCUT2D eigenvalue weighted by atomic mass is 35.5. The molecule has 0 aliphatic heterocycles. The van der Waals surface area contributed by atoms with E-state index in [9.17, 15) is 9.59 Å². The van der Waals surface area contributed by atoms with Crippen LogP contribution >= 0.6 is 23.2 Å². The molecular formula is C19H19Cl2NO4. The third-order valence-corrected chi connectivity index (χ3v) is 4.08. The largest absolute Gasteiger partial charge is 0.477 e. The monoisotopic (exact) mass is 395 g/mol. The molecule has 0 spiro atoms. The first-order chi connectivity index (χ1) is 12.4. The summed E-state index contributed by atoms with van der Waals surface area (Å²) in [6, 6.07) is 14.0. The molecule has 2 aromatic rings. The Balaban J connectivity index is 1.80. The Bertz CT molecular complexity index is 767. The van der Waals surface area contributed by atoms with Crippen LogP contribution in [0.2, 0.25) is 10.0 Å². The molecule has 1 N–H and O–H groups in total. The van der Waals surface area contributed by atoms with Crippen LogP contribution in [0.4, 0.5) is 0 Å². The second kappa shape index (κ2) is 9.46. The smallest absolute Gasteiger partial charge is 0.347 e. The lowest BCUT2D eigenvalue weighted by molar-refractivity contribution is -0.154. The molecule has 0 saturated carbocycles. The summed E-state index contributed by atoms with van der Waals surface area (Å²) < 4.78 is 10.4. The van der Waals surface area contributed by atoms with Gasteiger partial charge in [0.15, 0.2) is 12.7 Å². The predicted octanol–water partition coefficient (Wildman–Crippen LogP) is 4.18. The van der Waals surface area contributed by atoms with Gasteiger partial charge in [0, 0.05) is 5.02 Å². The van der Waals surface area contributed by atoms with Crippen molar-refractivity contribution < 1.29 is 19.1 Å². The zero-order valence-electron chi connectivity index (χ0n) is 14.4. The van der Waals surface area contributed by atoms with E-state index in [1.807, 2.05) is 37.3 Å². The molecule has 0 saturated heterocycles. The van der Waals surface area contributed by atoms with Crippen LogP contribution in [0.3, 0.4) is 0 Å². The van der Waals surface area contributed by atoms with Crippen LogP contribution in [0.15, 0.2) is 48.5 Å². The highest BCUT2D eigenvalue weighted by Crippen LogP contribution is 2.28. The van der Waals surface area contributed by atoms with E-state index in [-0.39, 0.29) is 11.1 Å². The second-order valence-corrected chi connectivity index (χ2v) is 6.49. The summed E-state index contributed by atoms with van der Waals surface area (Å²) in [7, 11) is 0. The number of hydrogen-bond acceptors (Lipinski definition) is 4. The van der Waals surface area contributed by atoms with Crippen molar-refractivity contribution in [3.05, 3.63) is 64.1 Å². The number of esters is 1. The Morgan fingerprint density at radius 3 is 2.42 bits per heavy atom. The summed E-state index contributed by atoms with van der Waals surface area (Å²) in [6.45, 7) is 2.97. The Morgan fingerprint density at radius 2 is 1.77 bits per heavy atom. The third-order valence-electron chi connectivity index (χ3n) is 3.55. The molecule has 0 radical (unpaired) electrons. The number of hydrogen-bond donors (Lipinski definition) is 1. The van der Waals surface area contributed by atoms with Gasteiger partial charge in [0.1, 0.15) is 5.75 Å². The van der Waals surface area contributed by atoms with E-state index >= 15 is 0 Å². The maximum Gasteiger partial charge on any atom is 0.347 e. The van der Waals surface area contributed by atoms with Crippen LogP contribution in [0.25, 0.3) is 0 Å². The molecule has 138 valence electrons. The molecule has 1 amide bonds. The van der Waals surface area contributed by atoms with Gasteiger partial charge in [-0.2, -0.15) is 0 Å². The number of halogens is 2. The third kappa shape index (κ3) is 5.93. The van der Waals surface area contributed by atoms with E-state index in [1.54, 1.807) is 12.1 Å². The molecule has 0 aliphatic rings. The van der Waals surface area contributed by atoms with E-state index in [0.29, 0.717) is 10.8 Å². The van der Waals surface area contributed by atoms with E-state index in [2.05, 4.69) is 5.32 Å². The van der Waals surface area contributed by atoms with Gasteiger partial charge in [-0.3, -0.25) is 4.79 Å². The number of rotatable bonds is 7. The molecular weight excluding hydrogens is 377 g/mol. The zero-order valence-corrected chi connectivity index (χ0v) is 15.9. The summed E-state index contributed by atoms with van der Waals surface area (Å²) >= 11 is 11.8. The normalized spacial score (nSPS) is 12.8. The predicted molar refractivity (Wildman–Crippen MR) is 101 cm³/mol. The topological polar surface area (TPSA) is 64.6 Å². The second-order valence-electron chi connectivity index (χ2n) is 5.64. The fraction of sp³-hybridized carbons (Fsp3) is 0.263. The van der Waals surface area contributed by atoms with E-state index in [0.717, 1.165) is 5.56 Å². The summed E-state index contributed by atoms with van der Waals surface area (Å²) in [5.41, 5.74) is 0.959. The van der Waals surface area contributed by atoms with Gasteiger partial charge in [0.2, 0.25) is 0 Å². The van der Waals surface area contributed by atoms with Crippen LogP contribution < -0.4 is 10.1 Å². The molecule has 2 aromatic carbocycles. The fourth-order valence-electron chi connectivity index (χ4n) is 2.17. The van der Waals surface area contributed by atoms with Crippen molar-refractivity contribution in [1.29, 1.82) is 0 Å². The highest BCUT2D eigenvalue weighted by Gasteiger charge is 2.19. The zero-order chi connectivity index (χ0) is 19.1. The Kier molecular flexibility index (Phi) is 7.30. The van der Waals surface area contributed by atoms with Crippen LogP contribution in [-0.2, 0) is 14.3 Å². The maximum atomic E-state index is 12.0. The molecule has 2 unspecified atom stereocenters. The minimum Gasteiger partial charge on any atom is -0.477 e. The molecule has 2 rings (SSSR count). The van der Waals surface area contributed by atoms with Crippen LogP contribution in [0, 0.1) is 0 Å². The first-order valence-electron chi connectivity index (χ1n) is 7.99. The molecule has 0 heterocycles. The van der Waals surface area contributed by atoms with Gasteiger partial charge in [-0.25, -0.2) is 4.79 Å². The minimum atomic E-state index is -0.923. The average molecular weight is 396 g/mol. The number of carbonyl (C=O) groups is 2. The lowest BCUT2D eigenvalue weighted by Crippen LogP contribution is -2.34. The molecule has 0 aromatic heterocycles. The van der Waals surface area contributed by atoms with Crippen molar-refractivity contribution >= 4 is 35.1 Å². The highest BCUT2D eigenvalue weighted by molar-refractivity contribution is 6.35. The lowest BCUT2D eigenvalue weighted by atomic mass is 10.1. The number of benzene rings is 2. The average Bonchev–Trinajstić information content (AvgIpc) is 2.62. The molecule has 26 heavy (non-hydrogen) atoms. The van der Waals surface area contributed by atoms with Gasteiger partial charge in [-0.15, -0.1) is 0 Å². The van der Waals surface area contributed by atoms with Crippen LogP contribution in [0.1, 0.15) is 25.5 Å². The van der Waals surface area contributed by atoms with Gasteiger partial charge in [0.05, 0.1) is 11.1 Å². The quantitative estimate of drug-likeness (QED) is 0.714. The molecule has 0 bridgehead atoms. The van der Waals surface area contributed by atoms with E-state index in [4.69, 9.17) is 32.7 Å². The van der Waals surface area contributed by atoms with Crippen molar-refractivity contribution in [3.8, 4) is 5.75 Å². The van der Waals surface area contributed by atoms with Crippen LogP contribution in [0.5, 0.6) is 5.75 Å². The van der Waals surface area contributed by atoms with Gasteiger partial charge in [-0.05, 0) is 37.6 Å². The Labute approximate surface area is 162 Å². The van der Waals surface area contributed by atoms with Gasteiger partial charge >= 0.3 is 5.97 Å². The number of carbonyl (C=O) groups excluding carboxylic acids is 2. The molecule has 0 fully saturated rings. The maximum absolute atomic E-state index is 12.0. The van der Waals surface area contributed by atoms with Crippen molar-refractivity contribution in [2.24, 2.45) is 0 Å². The molecule has 7 heteroatoms. The van der Waals surface area contributed by atoms with Crippen molar-refractivity contribution in [2.45, 2.75) is 26.0 Å². The Hall–Kier alpha value is -2.24. The first-order valence-corrected chi connectivity index (χ1v) is 8.75. The Morgan fingerprint density at radius 1 is 1.08 bits per heavy atom. The van der Waals surface area contributed by atoms with Gasteiger partial charge in [0.25, 0.3) is 5.91 Å². The first kappa shape index (κ1) is 20.1. The SMILES string of the molecule is CC(Oc1ccc(Cl)cc1Cl)C(=O)OCC(=O)NC(C)c1ccccc1. The number of nitrogens with one attached hydrogen (secondary N) is 1. The van der Waals surface area contributed by atoms with Crippen molar-refractivity contribution in [3.63, 3.8) is 0 Å². The standard InChI is InChI=1S/C19H19Cl2NO4/c1-12(14-6-4-3-5-7-14)22-18(23)11-25-19(24)13(2)26-17-9-8-15(20)10-16(17)21/h3-10,12-13H,11H2,1-2H3,(H,22,23). The fourth-order valence-corrected chi connectivity index (χ4v) is 2.62. The molecule has 2 atom stereocenters. The van der Waals surface area contributed by atoms with Crippen molar-refractivity contribution in [2.75, 3.05) is 6.61 Å². The van der Waals surface area contributed by atoms with Gasteiger partial charge in [-0.1, -0.05) is 53.5 Å². The lowest BCUT2D eigenvalue weighted by Gasteiger charge is -2.16. The molecule has 0 aliphatic carbocycles. The summed E-state index contributed by atoms with van der Waals surface area (Å²) in [4.78, 5) is 23.9. The van der Waals surface area contributed by atoms with Crippen LogP contribution in [-0.4, -0.2) is 24.6 Å². The number of amides is 1.